The van der Waals surface area contributed by atoms with Gasteiger partial charge < -0.3 is 10.4 Å². The average molecular weight is 314 g/mol. The van der Waals surface area contributed by atoms with Crippen molar-refractivity contribution in [3.63, 3.8) is 0 Å². The van der Waals surface area contributed by atoms with E-state index in [0.717, 1.165) is 10.0 Å². The van der Waals surface area contributed by atoms with Crippen molar-refractivity contribution in [1.29, 1.82) is 0 Å². The highest BCUT2D eigenvalue weighted by molar-refractivity contribution is 9.10. The Bertz CT molecular complexity index is 417. The lowest BCUT2D eigenvalue weighted by molar-refractivity contribution is -0.141. The van der Waals surface area contributed by atoms with E-state index < -0.39 is 11.9 Å². The summed E-state index contributed by atoms with van der Waals surface area (Å²) < 4.78 is 0.962. The first-order valence-electron chi connectivity index (χ1n) is 5.77. The Morgan fingerprint density at radius 1 is 1.33 bits per heavy atom. The summed E-state index contributed by atoms with van der Waals surface area (Å²) in [6.07, 6.45) is 0.775. The lowest BCUT2D eigenvalue weighted by atomic mass is 10.1. The first-order chi connectivity index (χ1) is 8.52. The van der Waals surface area contributed by atoms with Crippen LogP contribution in [0.5, 0.6) is 0 Å². The van der Waals surface area contributed by atoms with Crippen LogP contribution in [-0.2, 0) is 16.0 Å². The number of aliphatic carboxylic acids is 1. The number of hydrogen-bond acceptors (Lipinski definition) is 2. The Kier molecular flexibility index (Phi) is 5.85. The number of halogens is 1. The SMILES string of the molecule is CCC(CNC(=O)Cc1ccc(Br)cc1)C(=O)O. The molecule has 98 valence electrons. The third kappa shape index (κ3) is 4.87. The van der Waals surface area contributed by atoms with Gasteiger partial charge in [-0.3, -0.25) is 9.59 Å². The number of nitrogens with one attached hydrogen (secondary N) is 1. The van der Waals surface area contributed by atoms with Crippen LogP contribution in [0.2, 0.25) is 0 Å². The fourth-order valence-corrected chi connectivity index (χ4v) is 1.76. The molecule has 4 nitrogen and oxygen atoms in total. The minimum Gasteiger partial charge on any atom is -0.481 e. The van der Waals surface area contributed by atoms with Gasteiger partial charge in [0.25, 0.3) is 0 Å². The minimum absolute atomic E-state index is 0.156. The number of carbonyl (C=O) groups excluding carboxylic acids is 1. The van der Waals surface area contributed by atoms with Crippen LogP contribution in [0.3, 0.4) is 0 Å². The molecule has 2 N–H and O–H groups in total. The monoisotopic (exact) mass is 313 g/mol. The van der Waals surface area contributed by atoms with Crippen LogP contribution in [0.15, 0.2) is 28.7 Å². The van der Waals surface area contributed by atoms with Gasteiger partial charge in [-0.15, -0.1) is 0 Å². The topological polar surface area (TPSA) is 66.4 Å². The number of hydrogen-bond donors (Lipinski definition) is 2. The second-order valence-corrected chi connectivity index (χ2v) is 4.97. The van der Waals surface area contributed by atoms with Crippen LogP contribution in [0, 0.1) is 5.92 Å². The van der Waals surface area contributed by atoms with Gasteiger partial charge in [0.1, 0.15) is 0 Å². The zero-order chi connectivity index (χ0) is 13.5. The Balaban J connectivity index is 2.42. The lowest BCUT2D eigenvalue weighted by Crippen LogP contribution is -2.33. The molecule has 0 aliphatic rings. The summed E-state index contributed by atoms with van der Waals surface area (Å²) in [7, 11) is 0. The predicted molar refractivity (Wildman–Crippen MR) is 72.3 cm³/mol. The predicted octanol–water partition coefficient (Wildman–Crippen LogP) is 2.22. The Morgan fingerprint density at radius 3 is 2.44 bits per heavy atom. The smallest absolute Gasteiger partial charge is 0.308 e. The van der Waals surface area contributed by atoms with Crippen LogP contribution in [0.1, 0.15) is 18.9 Å². The van der Waals surface area contributed by atoms with E-state index in [2.05, 4.69) is 21.2 Å². The number of carboxylic acids is 1. The van der Waals surface area contributed by atoms with Crippen LogP contribution in [0.25, 0.3) is 0 Å². The number of carboxylic acid groups (broad SMARTS) is 1. The number of benzene rings is 1. The van der Waals surface area contributed by atoms with E-state index in [4.69, 9.17) is 5.11 Å². The molecule has 1 aromatic carbocycles. The van der Waals surface area contributed by atoms with Crippen LogP contribution >= 0.6 is 15.9 Å². The third-order valence-electron chi connectivity index (χ3n) is 2.67. The van der Waals surface area contributed by atoms with Crippen LogP contribution < -0.4 is 5.32 Å². The van der Waals surface area contributed by atoms with Crippen molar-refractivity contribution in [2.75, 3.05) is 6.54 Å². The molecule has 1 atom stereocenters. The Labute approximate surface area is 115 Å². The number of carbonyl (C=O) groups is 2. The highest BCUT2D eigenvalue weighted by Gasteiger charge is 2.15. The molecular weight excluding hydrogens is 298 g/mol. The maximum absolute atomic E-state index is 11.6. The van der Waals surface area contributed by atoms with Gasteiger partial charge in [0.05, 0.1) is 12.3 Å². The molecule has 18 heavy (non-hydrogen) atoms. The number of rotatable bonds is 6. The molecule has 0 saturated heterocycles. The quantitative estimate of drug-likeness (QED) is 0.846. The van der Waals surface area contributed by atoms with Crippen molar-refractivity contribution in [3.05, 3.63) is 34.3 Å². The van der Waals surface area contributed by atoms with E-state index in [1.807, 2.05) is 24.3 Å². The van der Waals surface area contributed by atoms with Gasteiger partial charge in [-0.25, -0.2) is 0 Å². The molecule has 0 saturated carbocycles. The molecule has 0 aliphatic heterocycles. The summed E-state index contributed by atoms with van der Waals surface area (Å²) >= 11 is 3.32. The van der Waals surface area contributed by atoms with Gasteiger partial charge in [0.2, 0.25) is 5.91 Å². The fourth-order valence-electron chi connectivity index (χ4n) is 1.49. The van der Waals surface area contributed by atoms with Crippen molar-refractivity contribution in [2.45, 2.75) is 19.8 Å². The maximum atomic E-state index is 11.6. The van der Waals surface area contributed by atoms with Crippen LogP contribution in [0.4, 0.5) is 0 Å². The van der Waals surface area contributed by atoms with Gasteiger partial charge in [0, 0.05) is 11.0 Å². The molecule has 1 rings (SSSR count). The van der Waals surface area contributed by atoms with E-state index in [1.165, 1.54) is 0 Å². The highest BCUT2D eigenvalue weighted by Crippen LogP contribution is 2.10. The summed E-state index contributed by atoms with van der Waals surface area (Å²) in [6.45, 7) is 1.97. The van der Waals surface area contributed by atoms with Gasteiger partial charge in [-0.1, -0.05) is 35.0 Å². The van der Waals surface area contributed by atoms with E-state index >= 15 is 0 Å². The van der Waals surface area contributed by atoms with E-state index in [0.29, 0.717) is 6.42 Å². The largest absolute Gasteiger partial charge is 0.481 e. The van der Waals surface area contributed by atoms with Crippen molar-refractivity contribution in [2.24, 2.45) is 5.92 Å². The molecule has 5 heteroatoms. The molecule has 0 fully saturated rings. The summed E-state index contributed by atoms with van der Waals surface area (Å²) in [5.41, 5.74) is 0.902. The molecule has 0 spiro atoms. The van der Waals surface area contributed by atoms with Gasteiger partial charge in [-0.05, 0) is 24.1 Å². The minimum atomic E-state index is -0.874. The molecule has 0 bridgehead atoms. The summed E-state index contributed by atoms with van der Waals surface area (Å²) in [6, 6.07) is 7.46. The molecular formula is C13H16BrNO3. The average Bonchev–Trinajstić information content (AvgIpc) is 2.32. The summed E-state index contributed by atoms with van der Waals surface area (Å²) in [5.74, 6) is -1.54. The lowest BCUT2D eigenvalue weighted by Gasteiger charge is -2.11. The molecule has 1 unspecified atom stereocenters. The van der Waals surface area contributed by atoms with Gasteiger partial charge >= 0.3 is 5.97 Å². The van der Waals surface area contributed by atoms with E-state index in [1.54, 1.807) is 6.92 Å². The zero-order valence-corrected chi connectivity index (χ0v) is 11.7. The molecule has 0 radical (unpaired) electrons. The second-order valence-electron chi connectivity index (χ2n) is 4.05. The zero-order valence-electron chi connectivity index (χ0n) is 10.1. The van der Waals surface area contributed by atoms with Crippen molar-refractivity contribution in [1.82, 2.24) is 5.32 Å². The standard InChI is InChI=1S/C13H16BrNO3/c1-2-10(13(17)18)8-15-12(16)7-9-3-5-11(14)6-4-9/h3-6,10H,2,7-8H2,1H3,(H,15,16)(H,17,18). The molecule has 1 amide bonds. The Morgan fingerprint density at radius 2 is 1.94 bits per heavy atom. The van der Waals surface area contributed by atoms with Crippen molar-refractivity contribution in [3.8, 4) is 0 Å². The molecule has 0 heterocycles. The fraction of sp³-hybridized carbons (Fsp3) is 0.385. The first-order valence-corrected chi connectivity index (χ1v) is 6.56. The Hall–Kier alpha value is -1.36. The number of amides is 1. The molecule has 1 aromatic rings. The molecule has 0 aromatic heterocycles. The summed E-state index contributed by atoms with van der Waals surface area (Å²) in [4.78, 5) is 22.4. The van der Waals surface area contributed by atoms with E-state index in [9.17, 15) is 9.59 Å². The van der Waals surface area contributed by atoms with Crippen LogP contribution in [-0.4, -0.2) is 23.5 Å². The van der Waals surface area contributed by atoms with Gasteiger partial charge in [-0.2, -0.15) is 0 Å². The molecule has 0 aliphatic carbocycles. The van der Waals surface area contributed by atoms with Crippen molar-refractivity contribution < 1.29 is 14.7 Å². The second kappa shape index (κ2) is 7.16. The highest BCUT2D eigenvalue weighted by atomic mass is 79.9. The summed E-state index contributed by atoms with van der Waals surface area (Å²) in [5, 5.41) is 11.5. The maximum Gasteiger partial charge on any atom is 0.308 e. The van der Waals surface area contributed by atoms with Crippen molar-refractivity contribution >= 4 is 27.8 Å². The van der Waals surface area contributed by atoms with E-state index in [-0.39, 0.29) is 18.9 Å². The normalized spacial score (nSPS) is 11.9. The third-order valence-corrected chi connectivity index (χ3v) is 3.19. The first kappa shape index (κ1) is 14.7. The van der Waals surface area contributed by atoms with Gasteiger partial charge in [0.15, 0.2) is 0 Å².